The van der Waals surface area contributed by atoms with E-state index >= 15 is 0 Å². The second-order valence-corrected chi connectivity index (χ2v) is 11.1. The van der Waals surface area contributed by atoms with Gasteiger partial charge in [-0.2, -0.15) is 0 Å². The zero-order chi connectivity index (χ0) is 29.5. The summed E-state index contributed by atoms with van der Waals surface area (Å²) in [5, 5.41) is 5.90. The average molecular weight is 567 g/mol. The Labute approximate surface area is 247 Å². The van der Waals surface area contributed by atoms with Gasteiger partial charge in [0.2, 0.25) is 23.6 Å². The SMILES string of the molecule is CC(=O)N1CCC[C@H]1C(=O)Nc1ccc(/C=C/c2ccc(NC(=O)[C@@H]3CCCN3C(=O)CC3=CCCC=C3)cc2)cc1. The molecule has 0 aromatic heterocycles. The maximum absolute atomic E-state index is 13.0. The van der Waals surface area contributed by atoms with E-state index in [0.29, 0.717) is 43.7 Å². The number of amides is 4. The van der Waals surface area contributed by atoms with Crippen molar-refractivity contribution in [3.8, 4) is 0 Å². The molecule has 2 heterocycles. The minimum Gasteiger partial charge on any atom is -0.331 e. The Balaban J connectivity index is 1.12. The Bertz CT molecular complexity index is 1410. The van der Waals surface area contributed by atoms with Crippen LogP contribution in [0.2, 0.25) is 0 Å². The number of likely N-dealkylation sites (tertiary alicyclic amines) is 2. The molecule has 5 rings (SSSR count). The summed E-state index contributed by atoms with van der Waals surface area (Å²) in [5.74, 6) is -0.363. The highest BCUT2D eigenvalue weighted by Gasteiger charge is 2.34. The van der Waals surface area contributed by atoms with Crippen LogP contribution in [0.4, 0.5) is 11.4 Å². The van der Waals surface area contributed by atoms with Gasteiger partial charge in [-0.05, 0) is 79.5 Å². The van der Waals surface area contributed by atoms with Crippen LogP contribution in [0.15, 0.2) is 72.3 Å². The number of hydrogen-bond donors (Lipinski definition) is 2. The second-order valence-electron chi connectivity index (χ2n) is 11.1. The first-order chi connectivity index (χ1) is 20.4. The van der Waals surface area contributed by atoms with E-state index in [2.05, 4.69) is 22.8 Å². The van der Waals surface area contributed by atoms with Crippen molar-refractivity contribution in [2.75, 3.05) is 23.7 Å². The molecule has 218 valence electrons. The van der Waals surface area contributed by atoms with Crippen molar-refractivity contribution >= 4 is 47.2 Å². The van der Waals surface area contributed by atoms with Crippen LogP contribution in [0.25, 0.3) is 12.2 Å². The van der Waals surface area contributed by atoms with Crippen LogP contribution in [-0.4, -0.2) is 58.6 Å². The summed E-state index contributed by atoms with van der Waals surface area (Å²) in [6.07, 6.45) is 15.5. The molecule has 2 N–H and O–H groups in total. The number of carbonyl (C=O) groups excluding carboxylic acids is 4. The fourth-order valence-electron chi connectivity index (χ4n) is 5.83. The third-order valence-electron chi connectivity index (χ3n) is 8.09. The van der Waals surface area contributed by atoms with E-state index in [1.807, 2.05) is 66.8 Å². The van der Waals surface area contributed by atoms with E-state index in [9.17, 15) is 19.2 Å². The number of nitrogens with one attached hydrogen (secondary N) is 2. The van der Waals surface area contributed by atoms with Crippen LogP contribution in [0.1, 0.15) is 63.0 Å². The molecular formula is C34H38N4O4. The molecule has 42 heavy (non-hydrogen) atoms. The predicted octanol–water partition coefficient (Wildman–Crippen LogP) is 5.40. The molecule has 8 heteroatoms. The lowest BCUT2D eigenvalue weighted by Crippen LogP contribution is -2.43. The van der Waals surface area contributed by atoms with Gasteiger partial charge in [-0.1, -0.05) is 54.6 Å². The fraction of sp³-hybridized carbons (Fsp3) is 0.353. The van der Waals surface area contributed by atoms with Crippen LogP contribution >= 0.6 is 0 Å². The lowest BCUT2D eigenvalue weighted by molar-refractivity contribution is -0.136. The van der Waals surface area contributed by atoms with Gasteiger partial charge in [-0.3, -0.25) is 19.2 Å². The molecule has 2 aliphatic heterocycles. The number of rotatable bonds is 8. The van der Waals surface area contributed by atoms with Gasteiger partial charge in [0, 0.05) is 31.4 Å². The average Bonchev–Trinajstić information content (AvgIpc) is 3.69. The Morgan fingerprint density at radius 1 is 0.762 bits per heavy atom. The molecule has 0 unspecified atom stereocenters. The lowest BCUT2D eigenvalue weighted by Gasteiger charge is -2.24. The summed E-state index contributed by atoms with van der Waals surface area (Å²) >= 11 is 0. The van der Waals surface area contributed by atoms with E-state index in [-0.39, 0.29) is 23.6 Å². The normalized spacial score (nSPS) is 20.1. The van der Waals surface area contributed by atoms with E-state index in [1.165, 1.54) is 6.92 Å². The summed E-state index contributed by atoms with van der Waals surface area (Å²) < 4.78 is 0. The zero-order valence-corrected chi connectivity index (χ0v) is 24.1. The minimum absolute atomic E-state index is 0.00906. The quantitative estimate of drug-likeness (QED) is 0.418. The van der Waals surface area contributed by atoms with Crippen LogP contribution in [-0.2, 0) is 19.2 Å². The largest absolute Gasteiger partial charge is 0.331 e. The van der Waals surface area contributed by atoms with Crippen LogP contribution in [0, 0.1) is 0 Å². The van der Waals surface area contributed by atoms with Crippen molar-refractivity contribution < 1.29 is 19.2 Å². The first-order valence-electron chi connectivity index (χ1n) is 14.8. The summed E-state index contributed by atoms with van der Waals surface area (Å²) in [6.45, 7) is 2.74. The monoisotopic (exact) mass is 566 g/mol. The van der Waals surface area contributed by atoms with E-state index in [1.54, 1.807) is 9.80 Å². The summed E-state index contributed by atoms with van der Waals surface area (Å²) in [6, 6.07) is 14.3. The number of carbonyl (C=O) groups is 4. The highest BCUT2D eigenvalue weighted by Crippen LogP contribution is 2.24. The molecule has 4 amide bonds. The van der Waals surface area contributed by atoms with Crippen molar-refractivity contribution in [3.05, 3.63) is 83.5 Å². The number of allylic oxidation sites excluding steroid dienone is 3. The molecule has 1 aliphatic carbocycles. The summed E-state index contributed by atoms with van der Waals surface area (Å²) in [5.41, 5.74) is 4.37. The zero-order valence-electron chi connectivity index (χ0n) is 24.1. The Hall–Kier alpha value is -4.46. The summed E-state index contributed by atoms with van der Waals surface area (Å²) in [7, 11) is 0. The molecule has 0 spiro atoms. The standard InChI is InChI=1S/C34H38N4O4/c1-24(39)37-21-5-9-30(37)33(41)35-28-17-13-25(14-18-28)11-12-26-15-19-29(20-16-26)36-34(42)31-10-6-22-38(31)32(40)23-27-7-3-2-4-8-27/h3,7-8,11-20,30-31H,2,4-6,9-10,21-23H2,1H3,(H,35,41)(H,36,42)/b12-11+/t30-,31-/m0/s1. The molecule has 2 saturated heterocycles. The third kappa shape index (κ3) is 7.24. The number of anilines is 2. The lowest BCUT2D eigenvalue weighted by atomic mass is 10.0. The molecule has 0 saturated carbocycles. The molecule has 0 radical (unpaired) electrons. The maximum Gasteiger partial charge on any atom is 0.247 e. The molecule has 3 aliphatic rings. The van der Waals surface area contributed by atoms with Gasteiger partial charge in [-0.25, -0.2) is 0 Å². The summed E-state index contributed by atoms with van der Waals surface area (Å²) in [4.78, 5) is 53.7. The first-order valence-corrected chi connectivity index (χ1v) is 14.8. The third-order valence-corrected chi connectivity index (χ3v) is 8.09. The van der Waals surface area contributed by atoms with Gasteiger partial charge in [0.15, 0.2) is 0 Å². The van der Waals surface area contributed by atoms with Crippen molar-refractivity contribution in [3.63, 3.8) is 0 Å². The second kappa shape index (κ2) is 13.5. The van der Waals surface area contributed by atoms with Gasteiger partial charge in [-0.15, -0.1) is 0 Å². The van der Waals surface area contributed by atoms with E-state index in [4.69, 9.17) is 0 Å². The molecule has 2 aromatic carbocycles. The number of hydrogen-bond acceptors (Lipinski definition) is 4. The van der Waals surface area contributed by atoms with Gasteiger partial charge in [0.25, 0.3) is 0 Å². The van der Waals surface area contributed by atoms with Crippen molar-refractivity contribution in [2.45, 2.75) is 64.0 Å². The van der Waals surface area contributed by atoms with Crippen molar-refractivity contribution in [2.24, 2.45) is 0 Å². The van der Waals surface area contributed by atoms with E-state index < -0.39 is 12.1 Å². The molecule has 2 atom stereocenters. The highest BCUT2D eigenvalue weighted by molar-refractivity contribution is 5.98. The Kier molecular flexibility index (Phi) is 9.31. The Morgan fingerprint density at radius 3 is 1.79 bits per heavy atom. The van der Waals surface area contributed by atoms with Crippen LogP contribution in [0.5, 0.6) is 0 Å². The van der Waals surface area contributed by atoms with Gasteiger partial charge in [0.1, 0.15) is 12.1 Å². The number of nitrogens with zero attached hydrogens (tertiary/aromatic N) is 2. The van der Waals surface area contributed by atoms with E-state index in [0.717, 1.165) is 42.4 Å². The van der Waals surface area contributed by atoms with Gasteiger partial charge in [0.05, 0.1) is 6.42 Å². The van der Waals surface area contributed by atoms with Crippen molar-refractivity contribution in [1.29, 1.82) is 0 Å². The van der Waals surface area contributed by atoms with Gasteiger partial charge >= 0.3 is 0 Å². The van der Waals surface area contributed by atoms with Crippen LogP contribution < -0.4 is 10.6 Å². The molecule has 0 bridgehead atoms. The predicted molar refractivity (Wildman–Crippen MR) is 165 cm³/mol. The van der Waals surface area contributed by atoms with Crippen molar-refractivity contribution in [1.82, 2.24) is 9.80 Å². The Morgan fingerprint density at radius 2 is 1.29 bits per heavy atom. The number of benzene rings is 2. The maximum atomic E-state index is 13.0. The molecule has 8 nitrogen and oxygen atoms in total. The van der Waals surface area contributed by atoms with Gasteiger partial charge < -0.3 is 20.4 Å². The highest BCUT2D eigenvalue weighted by atomic mass is 16.2. The molecule has 2 aromatic rings. The smallest absolute Gasteiger partial charge is 0.247 e. The topological polar surface area (TPSA) is 98.8 Å². The molecule has 2 fully saturated rings. The fourth-order valence-corrected chi connectivity index (χ4v) is 5.83. The first kappa shape index (κ1) is 29.0. The van der Waals surface area contributed by atoms with Crippen LogP contribution in [0.3, 0.4) is 0 Å². The molecular weight excluding hydrogens is 528 g/mol. The minimum atomic E-state index is -0.441.